The molecule has 0 atom stereocenters. The molecule has 0 spiro atoms. The zero-order valence-corrected chi connectivity index (χ0v) is 18.0. The lowest BCUT2D eigenvalue weighted by molar-refractivity contribution is -0.914. The van der Waals surface area contributed by atoms with Crippen molar-refractivity contribution < 1.29 is 14.0 Å². The van der Waals surface area contributed by atoms with Crippen molar-refractivity contribution in [3.05, 3.63) is 30.3 Å². The molecular weight excluding hydrogens is 348 g/mol. The highest BCUT2D eigenvalue weighted by Crippen LogP contribution is 2.18. The maximum atomic E-state index is 11.7. The minimum absolute atomic E-state index is 0.355. The summed E-state index contributed by atoms with van der Waals surface area (Å²) in [4.78, 5) is 11.7. The molecule has 1 aliphatic heterocycles. The summed E-state index contributed by atoms with van der Waals surface area (Å²) in [5, 5.41) is 2.74. The molecule has 1 fully saturated rings. The number of unbranched alkanes of at least 4 members (excludes halogenated alkanes) is 8. The molecule has 1 amide bonds. The molecule has 0 bridgehead atoms. The van der Waals surface area contributed by atoms with E-state index in [1.54, 1.807) is 0 Å². The lowest BCUT2D eigenvalue weighted by Crippen LogP contribution is -2.48. The molecular formula is C24H41N2O2+. The normalized spacial score (nSPS) is 15.9. The number of rotatable bonds is 13. The monoisotopic (exact) mass is 389 g/mol. The number of hydrogen-bond acceptors (Lipinski definition) is 2. The summed E-state index contributed by atoms with van der Waals surface area (Å²) in [5.74, 6) is 0. The van der Waals surface area contributed by atoms with Crippen LogP contribution in [0.5, 0.6) is 0 Å². The van der Waals surface area contributed by atoms with Gasteiger partial charge < -0.3 is 9.22 Å². The standard InChI is InChI=1S/C24H40N2O2/c1-26(20-14-10-15-21-26)19-13-7-5-3-2-4-6-8-16-22-28-24(27)25-23-17-11-9-12-18-23/h9,11-12,17-18H,2-8,10,13-16,19-22H2,1H3/p+1. The Bertz CT molecular complexity index is 527. The molecule has 1 aromatic rings. The molecule has 4 heteroatoms. The average Bonchev–Trinajstić information content (AvgIpc) is 2.70. The van der Waals surface area contributed by atoms with Crippen molar-refractivity contribution >= 4 is 11.8 Å². The topological polar surface area (TPSA) is 38.3 Å². The zero-order chi connectivity index (χ0) is 19.9. The number of ether oxygens (including phenoxy) is 1. The predicted octanol–water partition coefficient (Wildman–Crippen LogP) is 6.38. The van der Waals surface area contributed by atoms with Gasteiger partial charge in [-0.2, -0.15) is 0 Å². The van der Waals surface area contributed by atoms with Crippen LogP contribution in [0.3, 0.4) is 0 Å². The van der Waals surface area contributed by atoms with E-state index < -0.39 is 0 Å². The van der Waals surface area contributed by atoms with Gasteiger partial charge in [0.2, 0.25) is 0 Å². The molecule has 28 heavy (non-hydrogen) atoms. The summed E-state index contributed by atoms with van der Waals surface area (Å²) in [6.07, 6.45) is 15.5. The van der Waals surface area contributed by atoms with E-state index in [9.17, 15) is 4.79 Å². The molecule has 158 valence electrons. The first-order chi connectivity index (χ1) is 13.7. The van der Waals surface area contributed by atoms with Crippen LogP contribution in [0.4, 0.5) is 10.5 Å². The summed E-state index contributed by atoms with van der Waals surface area (Å²) in [6.45, 7) is 4.70. The van der Waals surface area contributed by atoms with E-state index in [2.05, 4.69) is 12.4 Å². The van der Waals surface area contributed by atoms with E-state index in [1.165, 1.54) is 88.3 Å². The fourth-order valence-electron chi connectivity index (χ4n) is 4.17. The van der Waals surface area contributed by atoms with Gasteiger partial charge >= 0.3 is 6.09 Å². The van der Waals surface area contributed by atoms with Crippen LogP contribution in [0.1, 0.15) is 77.0 Å². The zero-order valence-electron chi connectivity index (χ0n) is 18.0. The number of likely N-dealkylation sites (tertiary alicyclic amines) is 1. The summed E-state index contributed by atoms with van der Waals surface area (Å²) in [6, 6.07) is 9.43. The number of anilines is 1. The molecule has 1 aliphatic rings. The highest BCUT2D eigenvalue weighted by Gasteiger charge is 2.23. The lowest BCUT2D eigenvalue weighted by atomic mass is 10.1. The molecule has 0 aromatic heterocycles. The molecule has 0 unspecified atom stereocenters. The van der Waals surface area contributed by atoms with Gasteiger partial charge in [-0.15, -0.1) is 0 Å². The minimum Gasteiger partial charge on any atom is -0.449 e. The van der Waals surface area contributed by atoms with Gasteiger partial charge in [-0.3, -0.25) is 5.32 Å². The molecule has 1 saturated heterocycles. The van der Waals surface area contributed by atoms with E-state index in [0.29, 0.717) is 6.61 Å². The van der Waals surface area contributed by atoms with Gasteiger partial charge in [-0.05, 0) is 50.7 Å². The third kappa shape index (κ3) is 10.1. The number of carbonyl (C=O) groups is 1. The Hall–Kier alpha value is -1.55. The summed E-state index contributed by atoms with van der Waals surface area (Å²) < 4.78 is 6.55. The van der Waals surface area contributed by atoms with Crippen LogP contribution in [0.15, 0.2) is 30.3 Å². The second-order valence-electron chi connectivity index (χ2n) is 8.66. The average molecular weight is 390 g/mol. The number of para-hydroxylation sites is 1. The number of amides is 1. The van der Waals surface area contributed by atoms with Crippen molar-refractivity contribution in [2.24, 2.45) is 0 Å². The Morgan fingerprint density at radius 3 is 2.07 bits per heavy atom. The second kappa shape index (κ2) is 13.6. The Kier molecular flexibility index (Phi) is 11.0. The van der Waals surface area contributed by atoms with Crippen LogP contribution in [-0.2, 0) is 4.74 Å². The van der Waals surface area contributed by atoms with Crippen molar-refractivity contribution in [3.63, 3.8) is 0 Å². The number of nitrogens with one attached hydrogen (secondary N) is 1. The van der Waals surface area contributed by atoms with Gasteiger partial charge in [0.25, 0.3) is 0 Å². The molecule has 2 rings (SSSR count). The first kappa shape index (κ1) is 22.7. The van der Waals surface area contributed by atoms with Crippen molar-refractivity contribution in [2.45, 2.75) is 77.0 Å². The highest BCUT2D eigenvalue weighted by atomic mass is 16.5. The summed E-state index contributed by atoms with van der Waals surface area (Å²) in [5.41, 5.74) is 0.777. The van der Waals surface area contributed by atoms with E-state index in [-0.39, 0.29) is 6.09 Å². The highest BCUT2D eigenvalue weighted by molar-refractivity contribution is 5.84. The maximum absolute atomic E-state index is 11.7. The number of carbonyl (C=O) groups excluding carboxylic acids is 1. The molecule has 1 N–H and O–H groups in total. The summed E-state index contributed by atoms with van der Waals surface area (Å²) in [7, 11) is 2.45. The number of hydrogen-bond donors (Lipinski definition) is 1. The SMILES string of the molecule is C[N+]1(CCCCCCCCCCCOC(=O)Nc2ccccc2)CCCCC1. The van der Waals surface area contributed by atoms with E-state index in [1.807, 2.05) is 30.3 Å². The van der Waals surface area contributed by atoms with Crippen LogP contribution in [-0.4, -0.2) is 43.9 Å². The van der Waals surface area contributed by atoms with E-state index in [4.69, 9.17) is 4.74 Å². The van der Waals surface area contributed by atoms with Gasteiger partial charge in [-0.25, -0.2) is 4.79 Å². The van der Waals surface area contributed by atoms with Crippen molar-refractivity contribution in [2.75, 3.05) is 38.6 Å². The quantitative estimate of drug-likeness (QED) is 0.314. The summed E-state index contributed by atoms with van der Waals surface area (Å²) >= 11 is 0. The molecule has 1 heterocycles. The number of quaternary nitrogens is 1. The lowest BCUT2D eigenvalue weighted by Gasteiger charge is -2.37. The first-order valence-electron chi connectivity index (χ1n) is 11.5. The van der Waals surface area contributed by atoms with Crippen LogP contribution in [0, 0.1) is 0 Å². The minimum atomic E-state index is -0.355. The van der Waals surface area contributed by atoms with E-state index >= 15 is 0 Å². The van der Waals surface area contributed by atoms with Crippen molar-refractivity contribution in [1.82, 2.24) is 0 Å². The largest absolute Gasteiger partial charge is 0.449 e. The Morgan fingerprint density at radius 1 is 0.857 bits per heavy atom. The smallest absolute Gasteiger partial charge is 0.411 e. The molecule has 0 saturated carbocycles. The van der Waals surface area contributed by atoms with Crippen LogP contribution >= 0.6 is 0 Å². The van der Waals surface area contributed by atoms with Gasteiger partial charge in [0, 0.05) is 5.69 Å². The van der Waals surface area contributed by atoms with Crippen molar-refractivity contribution in [3.8, 4) is 0 Å². The van der Waals surface area contributed by atoms with Gasteiger partial charge in [0.15, 0.2) is 0 Å². The third-order valence-electron chi connectivity index (χ3n) is 5.99. The Morgan fingerprint density at radius 2 is 1.43 bits per heavy atom. The fraction of sp³-hybridized carbons (Fsp3) is 0.708. The number of benzene rings is 1. The molecule has 0 aliphatic carbocycles. The van der Waals surface area contributed by atoms with Crippen LogP contribution in [0.2, 0.25) is 0 Å². The first-order valence-corrected chi connectivity index (χ1v) is 11.5. The number of nitrogens with zero attached hydrogens (tertiary/aromatic N) is 1. The van der Waals surface area contributed by atoms with Crippen LogP contribution in [0.25, 0.3) is 0 Å². The Balaban J connectivity index is 1.33. The molecule has 1 aromatic carbocycles. The van der Waals surface area contributed by atoms with Gasteiger partial charge in [-0.1, -0.05) is 56.7 Å². The van der Waals surface area contributed by atoms with Crippen LogP contribution < -0.4 is 5.32 Å². The van der Waals surface area contributed by atoms with E-state index in [0.717, 1.165) is 18.5 Å². The Labute approximate surface area is 172 Å². The maximum Gasteiger partial charge on any atom is 0.411 e. The fourth-order valence-corrected chi connectivity index (χ4v) is 4.17. The molecule has 4 nitrogen and oxygen atoms in total. The second-order valence-corrected chi connectivity index (χ2v) is 8.66. The van der Waals surface area contributed by atoms with Gasteiger partial charge in [0.05, 0.1) is 33.3 Å². The van der Waals surface area contributed by atoms with Crippen molar-refractivity contribution in [1.29, 1.82) is 0 Å². The predicted molar refractivity (Wildman–Crippen MR) is 118 cm³/mol. The van der Waals surface area contributed by atoms with Gasteiger partial charge in [0.1, 0.15) is 0 Å². The molecule has 0 radical (unpaired) electrons. The third-order valence-corrected chi connectivity index (χ3v) is 5.99. The number of piperidine rings is 1.